The molecule has 0 radical (unpaired) electrons. The van der Waals surface area contributed by atoms with Gasteiger partial charge in [0.15, 0.2) is 0 Å². The average Bonchev–Trinajstić information content (AvgIpc) is 3.54. The van der Waals surface area contributed by atoms with Gasteiger partial charge in [0, 0.05) is 23.9 Å². The van der Waals surface area contributed by atoms with Gasteiger partial charge in [-0.3, -0.25) is 9.78 Å². The molecular weight excluding hydrogens is 454 g/mol. The molecule has 178 valence electrons. The Morgan fingerprint density at radius 3 is 2.74 bits per heavy atom. The minimum Gasteiger partial charge on any atom is -0.434 e. The van der Waals surface area contributed by atoms with Gasteiger partial charge in [-0.05, 0) is 50.1 Å². The average molecular weight is 476 g/mol. The number of aryl methyl sites for hydroxylation is 1. The standard InChI is InChI=1S/C26H22F2N4O3/c1-16-11-12-17(20-8-4-5-13-29-20)19(15-16)25(33)32-14-6-9-21(32)24-30-23(31-35-24)18-7-2-3-10-22(18)34-26(27)28/h2-5,7-8,10-13,15,21,26H,6,9,14H2,1H3. The molecule has 1 unspecified atom stereocenters. The van der Waals surface area contributed by atoms with Crippen molar-refractivity contribution in [3.05, 3.63) is 83.9 Å². The van der Waals surface area contributed by atoms with Crippen molar-refractivity contribution in [1.29, 1.82) is 0 Å². The van der Waals surface area contributed by atoms with Crippen LogP contribution < -0.4 is 4.74 Å². The van der Waals surface area contributed by atoms with Crippen LogP contribution in [0.2, 0.25) is 0 Å². The molecule has 2 aromatic heterocycles. The first kappa shape index (κ1) is 22.6. The van der Waals surface area contributed by atoms with Crippen molar-refractivity contribution in [3.63, 3.8) is 0 Å². The fraction of sp³-hybridized carbons (Fsp3) is 0.231. The topological polar surface area (TPSA) is 81.4 Å². The number of halogens is 2. The van der Waals surface area contributed by atoms with Gasteiger partial charge in [0.2, 0.25) is 11.7 Å². The summed E-state index contributed by atoms with van der Waals surface area (Å²) < 4.78 is 35.7. The van der Waals surface area contributed by atoms with Crippen LogP contribution in [0.5, 0.6) is 5.75 Å². The van der Waals surface area contributed by atoms with Gasteiger partial charge in [-0.2, -0.15) is 13.8 Å². The fourth-order valence-corrected chi connectivity index (χ4v) is 4.33. The summed E-state index contributed by atoms with van der Waals surface area (Å²) >= 11 is 0. The lowest BCUT2D eigenvalue weighted by Crippen LogP contribution is -2.31. The maximum atomic E-state index is 13.7. The third-order valence-corrected chi connectivity index (χ3v) is 5.93. The molecule has 7 nitrogen and oxygen atoms in total. The fourth-order valence-electron chi connectivity index (χ4n) is 4.33. The molecule has 0 saturated carbocycles. The SMILES string of the molecule is Cc1ccc(-c2ccccn2)c(C(=O)N2CCCC2c2nc(-c3ccccc3OC(F)F)no2)c1. The molecule has 5 rings (SSSR count). The zero-order valence-electron chi connectivity index (χ0n) is 18.9. The highest BCUT2D eigenvalue weighted by Gasteiger charge is 2.36. The Bertz CT molecular complexity index is 1340. The first-order valence-electron chi connectivity index (χ1n) is 11.2. The largest absolute Gasteiger partial charge is 0.434 e. The number of carbonyl (C=O) groups excluding carboxylic acids is 1. The lowest BCUT2D eigenvalue weighted by molar-refractivity contribution is -0.0494. The van der Waals surface area contributed by atoms with Crippen molar-refractivity contribution >= 4 is 5.91 Å². The first-order chi connectivity index (χ1) is 17.0. The van der Waals surface area contributed by atoms with Gasteiger partial charge in [-0.15, -0.1) is 0 Å². The summed E-state index contributed by atoms with van der Waals surface area (Å²) in [6, 6.07) is 17.1. The molecule has 0 aliphatic carbocycles. The van der Waals surface area contributed by atoms with Crippen molar-refractivity contribution < 1.29 is 22.8 Å². The van der Waals surface area contributed by atoms with E-state index in [-0.39, 0.29) is 28.9 Å². The number of aromatic nitrogens is 3. The van der Waals surface area contributed by atoms with E-state index >= 15 is 0 Å². The minimum absolute atomic E-state index is 0.0473. The van der Waals surface area contributed by atoms with Gasteiger partial charge in [-0.1, -0.05) is 41.1 Å². The molecule has 9 heteroatoms. The van der Waals surface area contributed by atoms with E-state index in [4.69, 9.17) is 4.52 Å². The molecule has 3 heterocycles. The number of pyridine rings is 1. The van der Waals surface area contributed by atoms with Gasteiger partial charge >= 0.3 is 6.61 Å². The zero-order chi connectivity index (χ0) is 24.4. The summed E-state index contributed by atoms with van der Waals surface area (Å²) in [5.41, 5.74) is 3.25. The predicted molar refractivity (Wildman–Crippen MR) is 124 cm³/mol. The van der Waals surface area contributed by atoms with Gasteiger partial charge in [0.1, 0.15) is 11.8 Å². The summed E-state index contributed by atoms with van der Waals surface area (Å²) in [6.07, 6.45) is 3.11. The van der Waals surface area contributed by atoms with Gasteiger partial charge in [0.05, 0.1) is 11.3 Å². The number of amides is 1. The number of ether oxygens (including phenoxy) is 1. The number of alkyl halides is 2. The number of hydrogen-bond donors (Lipinski definition) is 0. The summed E-state index contributed by atoms with van der Waals surface area (Å²) in [5, 5.41) is 3.99. The normalized spacial score (nSPS) is 15.5. The third-order valence-electron chi connectivity index (χ3n) is 5.93. The maximum absolute atomic E-state index is 13.7. The van der Waals surface area contributed by atoms with Crippen LogP contribution in [0, 0.1) is 6.92 Å². The van der Waals surface area contributed by atoms with E-state index in [0.717, 1.165) is 17.5 Å². The van der Waals surface area contributed by atoms with Crippen LogP contribution in [0.25, 0.3) is 22.6 Å². The summed E-state index contributed by atoms with van der Waals surface area (Å²) in [5.74, 6) is 0.178. The number of hydrogen-bond acceptors (Lipinski definition) is 6. The van der Waals surface area contributed by atoms with E-state index in [1.54, 1.807) is 29.3 Å². The second-order valence-electron chi connectivity index (χ2n) is 8.25. The molecule has 0 N–H and O–H groups in total. The Morgan fingerprint density at radius 2 is 1.94 bits per heavy atom. The van der Waals surface area contributed by atoms with Crippen LogP contribution in [0.3, 0.4) is 0 Å². The van der Waals surface area contributed by atoms with Crippen LogP contribution in [0.4, 0.5) is 8.78 Å². The minimum atomic E-state index is -2.98. The van der Waals surface area contributed by atoms with Crippen molar-refractivity contribution in [1.82, 2.24) is 20.0 Å². The monoisotopic (exact) mass is 476 g/mol. The molecule has 2 aromatic carbocycles. The number of rotatable bonds is 6. The van der Waals surface area contributed by atoms with Crippen LogP contribution in [-0.4, -0.2) is 39.1 Å². The van der Waals surface area contributed by atoms with Crippen LogP contribution >= 0.6 is 0 Å². The molecule has 1 amide bonds. The van der Waals surface area contributed by atoms with Crippen molar-refractivity contribution in [3.8, 4) is 28.4 Å². The lowest BCUT2D eigenvalue weighted by atomic mass is 10.00. The lowest BCUT2D eigenvalue weighted by Gasteiger charge is -2.23. The molecule has 1 aliphatic heterocycles. The number of likely N-dealkylation sites (tertiary alicyclic amines) is 1. The van der Waals surface area contributed by atoms with Crippen molar-refractivity contribution in [2.75, 3.05) is 6.54 Å². The van der Waals surface area contributed by atoms with Gasteiger partial charge in [-0.25, -0.2) is 0 Å². The summed E-state index contributed by atoms with van der Waals surface area (Å²) in [6.45, 7) is -0.515. The highest BCUT2D eigenvalue weighted by Crippen LogP contribution is 2.36. The Balaban J connectivity index is 1.46. The molecule has 1 fully saturated rings. The Morgan fingerprint density at radius 1 is 1.11 bits per heavy atom. The Kier molecular flexibility index (Phi) is 6.22. The van der Waals surface area contributed by atoms with E-state index in [0.29, 0.717) is 24.2 Å². The molecule has 1 aliphatic rings. The van der Waals surface area contributed by atoms with Crippen LogP contribution in [-0.2, 0) is 0 Å². The highest BCUT2D eigenvalue weighted by molar-refractivity contribution is 6.01. The Hall–Kier alpha value is -4.14. The zero-order valence-corrected chi connectivity index (χ0v) is 18.9. The number of carbonyl (C=O) groups is 1. The molecular formula is C26H22F2N4O3. The molecule has 1 saturated heterocycles. The van der Waals surface area contributed by atoms with Crippen LogP contribution in [0.1, 0.15) is 40.7 Å². The van der Waals surface area contributed by atoms with Gasteiger partial charge in [0.25, 0.3) is 5.91 Å². The smallest absolute Gasteiger partial charge is 0.387 e. The molecule has 1 atom stereocenters. The van der Waals surface area contributed by atoms with E-state index in [1.807, 2.05) is 43.3 Å². The number of para-hydroxylation sites is 1. The maximum Gasteiger partial charge on any atom is 0.387 e. The third kappa shape index (κ3) is 4.62. The quantitative estimate of drug-likeness (QED) is 0.356. The Labute approximate surface area is 200 Å². The number of nitrogens with zero attached hydrogens (tertiary/aromatic N) is 4. The second kappa shape index (κ2) is 9.61. The second-order valence-corrected chi connectivity index (χ2v) is 8.25. The first-order valence-corrected chi connectivity index (χ1v) is 11.2. The van der Waals surface area contributed by atoms with Crippen LogP contribution in [0.15, 0.2) is 71.4 Å². The molecule has 0 bridgehead atoms. The number of benzene rings is 2. The molecule has 35 heavy (non-hydrogen) atoms. The van der Waals surface area contributed by atoms with E-state index in [9.17, 15) is 13.6 Å². The summed E-state index contributed by atoms with van der Waals surface area (Å²) in [4.78, 5) is 24.3. The van der Waals surface area contributed by atoms with E-state index < -0.39 is 12.7 Å². The highest BCUT2D eigenvalue weighted by atomic mass is 19.3. The molecule has 0 spiro atoms. The molecule has 4 aromatic rings. The summed E-state index contributed by atoms with van der Waals surface area (Å²) in [7, 11) is 0. The van der Waals surface area contributed by atoms with Crippen molar-refractivity contribution in [2.45, 2.75) is 32.4 Å². The van der Waals surface area contributed by atoms with E-state index in [2.05, 4.69) is 19.9 Å². The van der Waals surface area contributed by atoms with Gasteiger partial charge < -0.3 is 14.2 Å². The predicted octanol–water partition coefficient (Wildman–Crippen LogP) is 5.69. The van der Waals surface area contributed by atoms with Crippen molar-refractivity contribution in [2.24, 2.45) is 0 Å². The van der Waals surface area contributed by atoms with E-state index in [1.165, 1.54) is 6.07 Å².